The maximum Gasteiger partial charge on any atom is 0.118 e. The van der Waals surface area contributed by atoms with Crippen molar-refractivity contribution in [3.8, 4) is 5.75 Å². The first-order valence-electron chi connectivity index (χ1n) is 5.27. The Labute approximate surface area is 87.6 Å². The van der Waals surface area contributed by atoms with Crippen LogP contribution in [0.2, 0.25) is 0 Å². The van der Waals surface area contributed by atoms with Gasteiger partial charge in [0.25, 0.3) is 0 Å². The maximum atomic E-state index is 5.16. The lowest BCUT2D eigenvalue weighted by molar-refractivity contribution is 0.414. The zero-order chi connectivity index (χ0) is 9.80. The molecule has 0 amide bonds. The van der Waals surface area contributed by atoms with Gasteiger partial charge < -0.3 is 4.74 Å². The predicted octanol–water partition coefficient (Wildman–Crippen LogP) is 3.60. The summed E-state index contributed by atoms with van der Waals surface area (Å²) in [6, 6.07) is 8.60. The Morgan fingerprint density at radius 2 is 2.00 bits per heavy atom. The number of rotatable bonds is 2. The van der Waals surface area contributed by atoms with Crippen LogP contribution in [0.1, 0.15) is 30.5 Å². The first kappa shape index (κ1) is 9.98. The molecule has 0 aliphatic carbocycles. The minimum Gasteiger partial charge on any atom is -0.497 e. The van der Waals surface area contributed by atoms with Crippen LogP contribution in [0.4, 0.5) is 0 Å². The molecule has 1 nitrogen and oxygen atoms in total. The van der Waals surface area contributed by atoms with Crippen molar-refractivity contribution >= 4 is 8.58 Å². The minimum atomic E-state index is 0.828. The topological polar surface area (TPSA) is 9.23 Å². The van der Waals surface area contributed by atoms with Gasteiger partial charge in [-0.1, -0.05) is 18.6 Å². The molecule has 0 bridgehead atoms. The maximum absolute atomic E-state index is 5.16. The van der Waals surface area contributed by atoms with E-state index in [2.05, 4.69) is 24.3 Å². The van der Waals surface area contributed by atoms with Crippen molar-refractivity contribution in [2.24, 2.45) is 0 Å². The van der Waals surface area contributed by atoms with Crippen LogP contribution < -0.4 is 4.74 Å². The molecule has 1 aliphatic heterocycles. The lowest BCUT2D eigenvalue weighted by Gasteiger charge is -2.22. The van der Waals surface area contributed by atoms with E-state index in [1.165, 1.54) is 31.0 Å². The van der Waals surface area contributed by atoms with Gasteiger partial charge in [-0.2, -0.15) is 0 Å². The van der Waals surface area contributed by atoms with E-state index in [-0.39, 0.29) is 0 Å². The van der Waals surface area contributed by atoms with Crippen molar-refractivity contribution in [2.75, 3.05) is 13.3 Å². The summed E-state index contributed by atoms with van der Waals surface area (Å²) in [5.41, 5.74) is 2.33. The van der Waals surface area contributed by atoms with Crippen LogP contribution >= 0.6 is 8.58 Å². The Morgan fingerprint density at radius 1 is 1.21 bits per heavy atom. The first-order valence-corrected chi connectivity index (χ1v) is 6.56. The van der Waals surface area contributed by atoms with Gasteiger partial charge in [-0.3, -0.25) is 0 Å². The highest BCUT2D eigenvalue weighted by Crippen LogP contribution is 2.43. The van der Waals surface area contributed by atoms with Crippen LogP contribution in [0, 0.1) is 0 Å². The summed E-state index contributed by atoms with van der Waals surface area (Å²) in [5, 5.41) is 0. The van der Waals surface area contributed by atoms with Crippen LogP contribution in [0.25, 0.3) is 0 Å². The van der Waals surface area contributed by atoms with Gasteiger partial charge in [-0.05, 0) is 36.7 Å². The standard InChI is InChI=1S/C12H17OP/c1-13-11-7-5-10(6-8-11)12-4-2-3-9-14-12/h5-8,12,14H,2-4,9H2,1H3. The van der Waals surface area contributed by atoms with Crippen molar-refractivity contribution in [1.82, 2.24) is 0 Å². The quantitative estimate of drug-likeness (QED) is 0.675. The van der Waals surface area contributed by atoms with E-state index in [1.54, 1.807) is 7.11 Å². The second-order valence-electron chi connectivity index (χ2n) is 3.78. The predicted molar refractivity (Wildman–Crippen MR) is 62.8 cm³/mol. The second-order valence-corrected chi connectivity index (χ2v) is 5.38. The minimum absolute atomic E-state index is 0.828. The molecule has 0 radical (unpaired) electrons. The lowest BCUT2D eigenvalue weighted by atomic mass is 10.1. The summed E-state index contributed by atoms with van der Waals surface area (Å²) in [5.74, 6) is 0.966. The van der Waals surface area contributed by atoms with Crippen molar-refractivity contribution in [2.45, 2.75) is 24.9 Å². The molecule has 1 saturated heterocycles. The van der Waals surface area contributed by atoms with Gasteiger partial charge in [0.15, 0.2) is 0 Å². The van der Waals surface area contributed by atoms with Crippen LogP contribution in [-0.4, -0.2) is 13.3 Å². The molecular formula is C12H17OP. The summed E-state index contributed by atoms with van der Waals surface area (Å²) >= 11 is 0. The van der Waals surface area contributed by atoms with Gasteiger partial charge in [0.1, 0.15) is 5.75 Å². The van der Waals surface area contributed by atoms with Crippen molar-refractivity contribution in [3.63, 3.8) is 0 Å². The molecule has 0 aromatic heterocycles. The highest BCUT2D eigenvalue weighted by Gasteiger charge is 2.14. The average molecular weight is 208 g/mol. The van der Waals surface area contributed by atoms with Gasteiger partial charge in [-0.15, -0.1) is 8.58 Å². The zero-order valence-electron chi connectivity index (χ0n) is 8.62. The van der Waals surface area contributed by atoms with Crippen LogP contribution in [0.15, 0.2) is 24.3 Å². The molecule has 1 aliphatic rings. The van der Waals surface area contributed by atoms with E-state index in [0.29, 0.717) is 0 Å². The average Bonchev–Trinajstić information content (AvgIpc) is 2.30. The molecule has 2 unspecified atom stereocenters. The molecular weight excluding hydrogens is 191 g/mol. The highest BCUT2D eigenvalue weighted by molar-refractivity contribution is 7.38. The van der Waals surface area contributed by atoms with Crippen molar-refractivity contribution in [3.05, 3.63) is 29.8 Å². The normalized spacial score (nSPS) is 23.6. The smallest absolute Gasteiger partial charge is 0.118 e. The number of hydrogen-bond donors (Lipinski definition) is 0. The molecule has 1 fully saturated rings. The van der Waals surface area contributed by atoms with E-state index in [4.69, 9.17) is 4.74 Å². The summed E-state index contributed by atoms with van der Waals surface area (Å²) in [7, 11) is 2.85. The molecule has 0 spiro atoms. The largest absolute Gasteiger partial charge is 0.497 e. The number of benzene rings is 1. The van der Waals surface area contributed by atoms with E-state index < -0.39 is 0 Å². The molecule has 2 atom stereocenters. The summed E-state index contributed by atoms with van der Waals surface area (Å²) < 4.78 is 5.16. The summed E-state index contributed by atoms with van der Waals surface area (Å²) in [4.78, 5) is 0. The molecule has 76 valence electrons. The summed E-state index contributed by atoms with van der Waals surface area (Å²) in [6.07, 6.45) is 5.65. The van der Waals surface area contributed by atoms with Gasteiger partial charge in [0, 0.05) is 5.66 Å². The van der Waals surface area contributed by atoms with Gasteiger partial charge >= 0.3 is 0 Å². The van der Waals surface area contributed by atoms with Crippen LogP contribution in [0.5, 0.6) is 5.75 Å². The van der Waals surface area contributed by atoms with Crippen LogP contribution in [-0.2, 0) is 0 Å². The number of methoxy groups -OCH3 is 1. The van der Waals surface area contributed by atoms with Gasteiger partial charge in [-0.25, -0.2) is 0 Å². The summed E-state index contributed by atoms with van der Waals surface area (Å²) in [6.45, 7) is 0. The van der Waals surface area contributed by atoms with Crippen molar-refractivity contribution in [1.29, 1.82) is 0 Å². The highest BCUT2D eigenvalue weighted by atomic mass is 31.1. The zero-order valence-corrected chi connectivity index (χ0v) is 9.62. The van der Waals surface area contributed by atoms with E-state index in [9.17, 15) is 0 Å². The fraction of sp³-hybridized carbons (Fsp3) is 0.500. The number of hydrogen-bond acceptors (Lipinski definition) is 1. The van der Waals surface area contributed by atoms with Gasteiger partial charge in [0.05, 0.1) is 7.11 Å². The van der Waals surface area contributed by atoms with Crippen molar-refractivity contribution < 1.29 is 4.74 Å². The van der Waals surface area contributed by atoms with Gasteiger partial charge in [0.2, 0.25) is 0 Å². The SMILES string of the molecule is COc1ccc(C2CCCCP2)cc1. The Kier molecular flexibility index (Phi) is 3.42. The fourth-order valence-electron chi connectivity index (χ4n) is 1.97. The monoisotopic (exact) mass is 208 g/mol. The Hall–Kier alpha value is -0.550. The number of ether oxygens (including phenoxy) is 1. The molecule has 0 saturated carbocycles. The Balaban J connectivity index is 2.07. The second kappa shape index (κ2) is 4.79. The molecule has 1 aromatic rings. The molecule has 2 heteroatoms. The molecule has 1 aromatic carbocycles. The third kappa shape index (κ3) is 2.27. The molecule has 2 rings (SSSR count). The molecule has 1 heterocycles. The molecule has 14 heavy (non-hydrogen) atoms. The lowest BCUT2D eigenvalue weighted by Crippen LogP contribution is -1.99. The fourth-order valence-corrected chi connectivity index (χ4v) is 3.61. The van der Waals surface area contributed by atoms with E-state index in [0.717, 1.165) is 20.0 Å². The first-order chi connectivity index (χ1) is 6.90. The van der Waals surface area contributed by atoms with Crippen LogP contribution in [0.3, 0.4) is 0 Å². The third-order valence-electron chi connectivity index (χ3n) is 2.83. The third-order valence-corrected chi connectivity index (χ3v) is 4.59. The van der Waals surface area contributed by atoms with E-state index in [1.807, 2.05) is 0 Å². The Bertz CT molecular complexity index is 275. The Morgan fingerprint density at radius 3 is 2.57 bits per heavy atom. The van der Waals surface area contributed by atoms with E-state index >= 15 is 0 Å². The molecule has 0 N–H and O–H groups in total.